The standard InChI is InChI=1S/C15H33N3/c1-9-18(14(3)12-17(7)8)11-13(2)10-16-15(4,5)6/h14,16H,2,9-12H2,1,3-8H3. The molecule has 0 aliphatic carbocycles. The molecule has 0 aliphatic rings. The third-order valence-electron chi connectivity index (χ3n) is 2.95. The van der Waals surface area contributed by atoms with Crippen molar-refractivity contribution in [3.63, 3.8) is 0 Å². The molecule has 1 N–H and O–H groups in total. The molecule has 0 fully saturated rings. The predicted molar refractivity (Wildman–Crippen MR) is 82.2 cm³/mol. The fourth-order valence-electron chi connectivity index (χ4n) is 1.96. The van der Waals surface area contributed by atoms with Gasteiger partial charge in [0, 0.05) is 31.2 Å². The van der Waals surface area contributed by atoms with Gasteiger partial charge in [0.25, 0.3) is 0 Å². The van der Waals surface area contributed by atoms with Crippen LogP contribution in [0.3, 0.4) is 0 Å². The fourth-order valence-corrected chi connectivity index (χ4v) is 1.96. The van der Waals surface area contributed by atoms with Crippen LogP contribution in [0.15, 0.2) is 12.2 Å². The van der Waals surface area contributed by atoms with Gasteiger partial charge in [-0.2, -0.15) is 0 Å². The predicted octanol–water partition coefficient (Wildman–Crippen LogP) is 2.20. The Morgan fingerprint density at radius 2 is 1.83 bits per heavy atom. The lowest BCUT2D eigenvalue weighted by atomic mass is 10.1. The summed E-state index contributed by atoms with van der Waals surface area (Å²) < 4.78 is 0. The molecule has 0 aliphatic heterocycles. The van der Waals surface area contributed by atoms with Gasteiger partial charge in [0.2, 0.25) is 0 Å². The monoisotopic (exact) mass is 255 g/mol. The Labute approximate surface area is 114 Å². The second kappa shape index (κ2) is 7.93. The van der Waals surface area contributed by atoms with Crippen LogP contribution in [0.4, 0.5) is 0 Å². The summed E-state index contributed by atoms with van der Waals surface area (Å²) in [5, 5.41) is 3.49. The van der Waals surface area contributed by atoms with Crippen LogP contribution in [0.2, 0.25) is 0 Å². The molecule has 3 heteroatoms. The molecule has 0 heterocycles. The van der Waals surface area contributed by atoms with Crippen molar-refractivity contribution < 1.29 is 0 Å². The smallest absolute Gasteiger partial charge is 0.0206 e. The molecule has 1 unspecified atom stereocenters. The van der Waals surface area contributed by atoms with Crippen LogP contribution in [-0.2, 0) is 0 Å². The zero-order chi connectivity index (χ0) is 14.3. The summed E-state index contributed by atoms with van der Waals surface area (Å²) in [5.41, 5.74) is 1.42. The minimum absolute atomic E-state index is 0.162. The lowest BCUT2D eigenvalue weighted by Crippen LogP contribution is -2.43. The van der Waals surface area contributed by atoms with E-state index in [0.29, 0.717) is 6.04 Å². The van der Waals surface area contributed by atoms with Crippen LogP contribution in [0.1, 0.15) is 34.6 Å². The van der Waals surface area contributed by atoms with Gasteiger partial charge >= 0.3 is 0 Å². The van der Waals surface area contributed by atoms with Gasteiger partial charge in [-0.3, -0.25) is 4.90 Å². The van der Waals surface area contributed by atoms with Crippen LogP contribution in [-0.4, -0.2) is 61.7 Å². The van der Waals surface area contributed by atoms with Crippen molar-refractivity contribution in [2.24, 2.45) is 0 Å². The second-order valence-electron chi connectivity index (χ2n) is 6.53. The van der Waals surface area contributed by atoms with Gasteiger partial charge in [0.05, 0.1) is 0 Å². The average molecular weight is 255 g/mol. The summed E-state index contributed by atoms with van der Waals surface area (Å²) in [6.07, 6.45) is 0. The molecule has 0 aromatic rings. The lowest BCUT2D eigenvalue weighted by Gasteiger charge is -2.31. The normalized spacial score (nSPS) is 14.3. The van der Waals surface area contributed by atoms with E-state index in [0.717, 1.165) is 26.2 Å². The Balaban J connectivity index is 4.15. The van der Waals surface area contributed by atoms with E-state index in [-0.39, 0.29) is 5.54 Å². The van der Waals surface area contributed by atoms with Gasteiger partial charge in [0.1, 0.15) is 0 Å². The zero-order valence-corrected chi connectivity index (χ0v) is 13.5. The van der Waals surface area contributed by atoms with Gasteiger partial charge in [-0.1, -0.05) is 13.5 Å². The maximum Gasteiger partial charge on any atom is 0.0206 e. The highest BCUT2D eigenvalue weighted by Crippen LogP contribution is 2.05. The minimum Gasteiger partial charge on any atom is -0.308 e. The maximum atomic E-state index is 4.19. The number of nitrogens with zero attached hydrogens (tertiary/aromatic N) is 2. The Morgan fingerprint density at radius 3 is 2.22 bits per heavy atom. The van der Waals surface area contributed by atoms with Crippen molar-refractivity contribution >= 4 is 0 Å². The first kappa shape index (κ1) is 17.6. The largest absolute Gasteiger partial charge is 0.308 e. The first-order valence-corrected chi connectivity index (χ1v) is 6.96. The molecule has 0 radical (unpaired) electrons. The number of rotatable bonds is 8. The number of hydrogen-bond donors (Lipinski definition) is 1. The maximum absolute atomic E-state index is 4.19. The second-order valence-corrected chi connectivity index (χ2v) is 6.53. The average Bonchev–Trinajstić information content (AvgIpc) is 2.20. The van der Waals surface area contributed by atoms with E-state index in [2.05, 4.69) is 70.4 Å². The SMILES string of the molecule is C=C(CNC(C)(C)C)CN(CC)C(C)CN(C)C. The lowest BCUT2D eigenvalue weighted by molar-refractivity contribution is 0.193. The van der Waals surface area contributed by atoms with Gasteiger partial charge in [-0.05, 0) is 53.9 Å². The Bertz CT molecular complexity index is 241. The molecule has 0 saturated carbocycles. The Hall–Kier alpha value is -0.380. The van der Waals surface area contributed by atoms with Crippen molar-refractivity contribution in [2.45, 2.75) is 46.2 Å². The van der Waals surface area contributed by atoms with Gasteiger partial charge in [-0.25, -0.2) is 0 Å². The summed E-state index contributed by atoms with van der Waals surface area (Å²) in [5.74, 6) is 0. The molecule has 0 aromatic carbocycles. The number of likely N-dealkylation sites (N-methyl/N-ethyl adjacent to an activating group) is 2. The summed E-state index contributed by atoms with van der Waals surface area (Å²) in [6, 6.07) is 0.566. The first-order chi connectivity index (χ1) is 8.15. The molecule has 3 nitrogen and oxygen atoms in total. The quantitative estimate of drug-likeness (QED) is 0.671. The molecular formula is C15H33N3. The molecule has 0 bridgehead atoms. The summed E-state index contributed by atoms with van der Waals surface area (Å²) >= 11 is 0. The van der Waals surface area contributed by atoms with E-state index in [4.69, 9.17) is 0 Å². The highest BCUT2D eigenvalue weighted by molar-refractivity contribution is 5.01. The van der Waals surface area contributed by atoms with Crippen molar-refractivity contribution in [1.29, 1.82) is 0 Å². The molecule has 108 valence electrons. The van der Waals surface area contributed by atoms with Crippen molar-refractivity contribution in [2.75, 3.05) is 40.3 Å². The van der Waals surface area contributed by atoms with E-state index < -0.39 is 0 Å². The van der Waals surface area contributed by atoms with Gasteiger partial charge in [-0.15, -0.1) is 0 Å². The third kappa shape index (κ3) is 8.67. The molecule has 0 saturated heterocycles. The topological polar surface area (TPSA) is 18.5 Å². The third-order valence-corrected chi connectivity index (χ3v) is 2.95. The van der Waals surface area contributed by atoms with Crippen LogP contribution >= 0.6 is 0 Å². The molecule has 18 heavy (non-hydrogen) atoms. The van der Waals surface area contributed by atoms with Gasteiger partial charge < -0.3 is 10.2 Å². The summed E-state index contributed by atoms with van der Waals surface area (Å²) in [4.78, 5) is 4.72. The summed E-state index contributed by atoms with van der Waals surface area (Å²) in [7, 11) is 4.25. The van der Waals surface area contributed by atoms with Crippen LogP contribution in [0.5, 0.6) is 0 Å². The Morgan fingerprint density at radius 1 is 1.28 bits per heavy atom. The molecule has 0 rings (SSSR count). The first-order valence-electron chi connectivity index (χ1n) is 6.96. The molecular weight excluding hydrogens is 222 g/mol. The van der Waals surface area contributed by atoms with E-state index in [1.165, 1.54) is 5.57 Å². The number of nitrogens with one attached hydrogen (secondary N) is 1. The Kier molecular flexibility index (Phi) is 7.76. The van der Waals surface area contributed by atoms with Crippen molar-refractivity contribution in [1.82, 2.24) is 15.1 Å². The molecule has 0 aromatic heterocycles. The van der Waals surface area contributed by atoms with Gasteiger partial charge in [0.15, 0.2) is 0 Å². The van der Waals surface area contributed by atoms with Crippen LogP contribution in [0, 0.1) is 0 Å². The van der Waals surface area contributed by atoms with Crippen molar-refractivity contribution in [3.8, 4) is 0 Å². The molecule has 0 amide bonds. The summed E-state index contributed by atoms with van der Waals surface area (Å²) in [6.45, 7) is 19.3. The zero-order valence-electron chi connectivity index (χ0n) is 13.5. The molecule has 1 atom stereocenters. The highest BCUT2D eigenvalue weighted by atomic mass is 15.2. The number of hydrogen-bond acceptors (Lipinski definition) is 3. The van der Waals surface area contributed by atoms with E-state index >= 15 is 0 Å². The van der Waals surface area contributed by atoms with E-state index in [1.807, 2.05) is 0 Å². The van der Waals surface area contributed by atoms with E-state index in [9.17, 15) is 0 Å². The van der Waals surface area contributed by atoms with Crippen LogP contribution < -0.4 is 5.32 Å². The van der Waals surface area contributed by atoms with Crippen molar-refractivity contribution in [3.05, 3.63) is 12.2 Å². The minimum atomic E-state index is 0.162. The fraction of sp³-hybridized carbons (Fsp3) is 0.867. The van der Waals surface area contributed by atoms with Crippen LogP contribution in [0.25, 0.3) is 0 Å². The molecule has 0 spiro atoms. The highest BCUT2D eigenvalue weighted by Gasteiger charge is 2.15. The van der Waals surface area contributed by atoms with E-state index in [1.54, 1.807) is 0 Å².